The Balaban J connectivity index is 1.22. The van der Waals surface area contributed by atoms with Crippen molar-refractivity contribution in [3.05, 3.63) is 36.0 Å². The van der Waals surface area contributed by atoms with Crippen LogP contribution in [0.15, 0.2) is 30.3 Å². The molecule has 2 unspecified atom stereocenters. The molecule has 15 heteroatoms. The van der Waals surface area contributed by atoms with Crippen LogP contribution in [0.1, 0.15) is 75.2 Å². The molecule has 2 aliphatic heterocycles. The monoisotopic (exact) mass is 680 g/mol. The van der Waals surface area contributed by atoms with Gasteiger partial charge in [0.05, 0.1) is 18.2 Å². The average molecular weight is 681 g/mol. The van der Waals surface area contributed by atoms with Crippen LogP contribution in [0.4, 0.5) is 4.79 Å². The molecule has 4 N–H and O–H groups in total. The van der Waals surface area contributed by atoms with Gasteiger partial charge < -0.3 is 40.3 Å². The summed E-state index contributed by atoms with van der Waals surface area (Å²) in [6.07, 6.45) is 4.87. The average Bonchev–Trinajstić information content (AvgIpc) is 3.55. The summed E-state index contributed by atoms with van der Waals surface area (Å²) in [4.78, 5) is 83.6. The number of fused-ring (bicyclic) bond motifs is 1. The fourth-order valence-electron chi connectivity index (χ4n) is 5.97. The van der Waals surface area contributed by atoms with Gasteiger partial charge in [0.25, 0.3) is 11.8 Å². The molecule has 0 radical (unpaired) electrons. The zero-order chi connectivity index (χ0) is 34.9. The molecule has 15 nitrogen and oxygen atoms in total. The van der Waals surface area contributed by atoms with Crippen molar-refractivity contribution in [2.45, 2.75) is 88.9 Å². The molecule has 3 heterocycles. The lowest BCUT2D eigenvalue weighted by Gasteiger charge is -2.39. The molecular formula is C34H44N6O9. The van der Waals surface area contributed by atoms with E-state index in [1.54, 1.807) is 24.3 Å². The number of benzene rings is 1. The highest BCUT2D eigenvalue weighted by atomic mass is 16.6. The number of pyridine rings is 1. The first-order valence-corrected chi connectivity index (χ1v) is 17.0. The number of carboxylic acid groups (broad SMARTS) is 1. The van der Waals surface area contributed by atoms with Gasteiger partial charge in [-0.2, -0.15) is 0 Å². The molecule has 5 rings (SSSR count). The van der Waals surface area contributed by atoms with Gasteiger partial charge in [-0.05, 0) is 57.1 Å². The van der Waals surface area contributed by atoms with Crippen LogP contribution >= 0.6 is 0 Å². The van der Waals surface area contributed by atoms with E-state index in [-0.39, 0.29) is 67.9 Å². The molecule has 3 fully saturated rings. The molecule has 1 aliphatic carbocycles. The Labute approximate surface area is 284 Å². The first kappa shape index (κ1) is 35.4. The number of carbonyl (C=O) groups excluding carboxylic acids is 5. The molecule has 1 saturated carbocycles. The van der Waals surface area contributed by atoms with Crippen LogP contribution in [-0.2, 0) is 23.9 Å². The van der Waals surface area contributed by atoms with Crippen molar-refractivity contribution in [1.29, 1.82) is 0 Å². The molecule has 2 saturated heterocycles. The van der Waals surface area contributed by atoms with E-state index in [4.69, 9.17) is 9.47 Å². The number of carbonyl (C=O) groups is 6. The smallest absolute Gasteiger partial charge is 0.409 e. The largest absolute Gasteiger partial charge is 0.483 e. The third-order valence-electron chi connectivity index (χ3n) is 9.07. The third kappa shape index (κ3) is 9.15. The number of unbranched alkanes of at least 4 members (excludes halogenated alkanes) is 1. The van der Waals surface area contributed by atoms with Gasteiger partial charge >= 0.3 is 12.1 Å². The number of hydrogen-bond acceptors (Lipinski definition) is 9. The maximum absolute atomic E-state index is 13.5. The lowest BCUT2D eigenvalue weighted by atomic mass is 9.93. The predicted octanol–water partition coefficient (Wildman–Crippen LogP) is 1.97. The summed E-state index contributed by atoms with van der Waals surface area (Å²) in [5, 5.41) is 18.2. The van der Waals surface area contributed by atoms with Crippen molar-refractivity contribution in [1.82, 2.24) is 30.7 Å². The third-order valence-corrected chi connectivity index (χ3v) is 9.07. The Morgan fingerprint density at radius 3 is 2.51 bits per heavy atom. The minimum Gasteiger partial charge on any atom is -0.483 e. The Kier molecular flexibility index (Phi) is 11.9. The van der Waals surface area contributed by atoms with Gasteiger partial charge in [0.15, 0.2) is 6.61 Å². The summed E-state index contributed by atoms with van der Waals surface area (Å²) < 4.78 is 11.1. The van der Waals surface area contributed by atoms with Crippen LogP contribution < -0.4 is 20.7 Å². The van der Waals surface area contributed by atoms with Crippen LogP contribution in [0, 0.1) is 0 Å². The lowest BCUT2D eigenvalue weighted by Crippen LogP contribution is -2.63. The SMILES string of the molecule is CCCCOC(=O)N1CC(NC(=O)C(CCC(=O)O)NC(=O)c2cc(OCC(=O)N3CCCC3C(=O)NC3CCC3)c3ccccc3n2)C1. The van der Waals surface area contributed by atoms with Gasteiger partial charge in [-0.1, -0.05) is 25.5 Å². The zero-order valence-corrected chi connectivity index (χ0v) is 27.7. The number of rotatable bonds is 15. The predicted molar refractivity (Wildman–Crippen MR) is 176 cm³/mol. The zero-order valence-electron chi connectivity index (χ0n) is 27.7. The van der Waals surface area contributed by atoms with Gasteiger partial charge in [0.1, 0.15) is 23.5 Å². The second-order valence-corrected chi connectivity index (χ2v) is 12.7. The molecule has 0 bridgehead atoms. The highest BCUT2D eigenvalue weighted by Crippen LogP contribution is 2.27. The number of hydrogen-bond donors (Lipinski definition) is 4. The topological polar surface area (TPSA) is 197 Å². The number of aromatic nitrogens is 1. The fraction of sp³-hybridized carbons (Fsp3) is 0.559. The summed E-state index contributed by atoms with van der Waals surface area (Å²) in [5.41, 5.74) is 0.307. The number of likely N-dealkylation sites (tertiary alicyclic amines) is 2. The molecule has 0 spiro atoms. The normalized spacial score (nSPS) is 18.2. The van der Waals surface area contributed by atoms with E-state index in [0.29, 0.717) is 36.9 Å². The van der Waals surface area contributed by atoms with Crippen LogP contribution in [-0.4, -0.2) is 113 Å². The molecule has 2 aromatic rings. The first-order valence-electron chi connectivity index (χ1n) is 17.0. The summed E-state index contributed by atoms with van der Waals surface area (Å²) in [5.74, 6) is -2.76. The first-order chi connectivity index (χ1) is 23.6. The molecular weight excluding hydrogens is 636 g/mol. The molecule has 5 amide bonds. The number of nitrogens with one attached hydrogen (secondary N) is 3. The maximum atomic E-state index is 13.5. The number of para-hydroxylation sites is 1. The van der Waals surface area contributed by atoms with Crippen molar-refractivity contribution in [3.8, 4) is 5.75 Å². The number of nitrogens with zero attached hydrogens (tertiary/aromatic N) is 3. The Morgan fingerprint density at radius 2 is 1.80 bits per heavy atom. The fourth-order valence-corrected chi connectivity index (χ4v) is 5.97. The summed E-state index contributed by atoms with van der Waals surface area (Å²) >= 11 is 0. The highest BCUT2D eigenvalue weighted by Gasteiger charge is 2.37. The highest BCUT2D eigenvalue weighted by molar-refractivity contribution is 5.99. The number of ether oxygens (including phenoxy) is 2. The number of aliphatic carboxylic acids is 1. The van der Waals surface area contributed by atoms with Crippen LogP contribution in [0.2, 0.25) is 0 Å². The van der Waals surface area contributed by atoms with Crippen molar-refractivity contribution < 1.29 is 43.3 Å². The van der Waals surface area contributed by atoms with E-state index in [0.717, 1.165) is 32.1 Å². The van der Waals surface area contributed by atoms with Gasteiger partial charge in [-0.25, -0.2) is 9.78 Å². The van der Waals surface area contributed by atoms with Gasteiger partial charge in [-0.15, -0.1) is 0 Å². The van der Waals surface area contributed by atoms with Gasteiger partial charge in [-0.3, -0.25) is 24.0 Å². The second-order valence-electron chi connectivity index (χ2n) is 12.7. The minimum absolute atomic E-state index is 0.0992. The lowest BCUT2D eigenvalue weighted by molar-refractivity contribution is -0.140. The van der Waals surface area contributed by atoms with Crippen molar-refractivity contribution in [2.24, 2.45) is 0 Å². The van der Waals surface area contributed by atoms with E-state index in [1.165, 1.54) is 15.9 Å². The molecule has 1 aromatic carbocycles. The van der Waals surface area contributed by atoms with E-state index < -0.39 is 36.0 Å². The quantitative estimate of drug-likeness (QED) is 0.202. The second kappa shape index (κ2) is 16.4. The molecule has 1 aromatic heterocycles. The van der Waals surface area contributed by atoms with Crippen molar-refractivity contribution in [2.75, 3.05) is 32.8 Å². The molecule has 49 heavy (non-hydrogen) atoms. The number of carboxylic acids is 1. The van der Waals surface area contributed by atoms with Crippen LogP contribution in [0.5, 0.6) is 5.75 Å². The van der Waals surface area contributed by atoms with Gasteiger partial charge in [0, 0.05) is 43.5 Å². The molecule has 264 valence electrons. The van der Waals surface area contributed by atoms with Crippen LogP contribution in [0.3, 0.4) is 0 Å². The maximum Gasteiger partial charge on any atom is 0.409 e. The Morgan fingerprint density at radius 1 is 1.02 bits per heavy atom. The minimum atomic E-state index is -1.20. The van der Waals surface area contributed by atoms with E-state index in [2.05, 4.69) is 20.9 Å². The standard InChI is InChI=1S/C34H44N6O9/c1-2-3-16-48-34(47)39-18-22(19-39)36-31(44)25(13-14-30(42)43)38-32(45)26-17-28(23-10-4-5-11-24(23)37-26)49-20-29(41)40-15-7-12-27(40)33(46)35-21-8-6-9-21/h4-5,10-11,17,21-22,25,27H,2-3,6-9,12-16,18-20H2,1H3,(H,35,46)(H,36,44)(H,38,45)(H,42,43). The summed E-state index contributed by atoms with van der Waals surface area (Å²) in [6.45, 7) is 2.83. The summed E-state index contributed by atoms with van der Waals surface area (Å²) in [7, 11) is 0. The molecule has 3 aliphatic rings. The Bertz CT molecular complexity index is 1560. The van der Waals surface area contributed by atoms with E-state index in [1.807, 2.05) is 6.92 Å². The van der Waals surface area contributed by atoms with Crippen LogP contribution in [0.25, 0.3) is 10.9 Å². The van der Waals surface area contributed by atoms with E-state index >= 15 is 0 Å². The van der Waals surface area contributed by atoms with Crippen molar-refractivity contribution in [3.63, 3.8) is 0 Å². The van der Waals surface area contributed by atoms with Crippen molar-refractivity contribution >= 4 is 46.6 Å². The van der Waals surface area contributed by atoms with Gasteiger partial charge in [0.2, 0.25) is 11.8 Å². The number of amides is 5. The Hall–Kier alpha value is -4.95. The van der Waals surface area contributed by atoms with E-state index in [9.17, 15) is 33.9 Å². The molecule has 2 atom stereocenters. The summed E-state index contributed by atoms with van der Waals surface area (Å²) in [6, 6.07) is 6.30.